The van der Waals surface area contributed by atoms with E-state index in [1.165, 1.54) is 0 Å². The lowest BCUT2D eigenvalue weighted by Gasteiger charge is -2.28. The Morgan fingerprint density at radius 1 is 0.705 bits per heavy atom. The number of nitrogens with zero attached hydrogens (tertiary/aromatic N) is 7. The van der Waals surface area contributed by atoms with Crippen molar-refractivity contribution in [2.24, 2.45) is 16.2 Å². The van der Waals surface area contributed by atoms with E-state index >= 15 is 0 Å². The zero-order chi connectivity index (χ0) is 56.8. The minimum absolute atomic E-state index is 0.113. The maximum absolute atomic E-state index is 12.8. The van der Waals surface area contributed by atoms with Crippen LogP contribution in [0.25, 0.3) is 22.5 Å². The van der Waals surface area contributed by atoms with Crippen LogP contribution in [0.15, 0.2) is 58.8 Å². The number of tetrazole rings is 1. The van der Waals surface area contributed by atoms with Crippen molar-refractivity contribution in [1.82, 2.24) is 62.1 Å². The predicted octanol–water partition coefficient (Wildman–Crippen LogP) is 5.18. The molecular weight excluding hydrogens is 1020 g/mol. The number of ether oxygens (including phenoxy) is 3. The summed E-state index contributed by atoms with van der Waals surface area (Å²) in [5.41, 5.74) is 4.76. The van der Waals surface area contributed by atoms with Gasteiger partial charge in [0.05, 0.1) is 61.2 Å². The number of amides is 4. The van der Waals surface area contributed by atoms with Crippen molar-refractivity contribution >= 4 is 46.7 Å². The van der Waals surface area contributed by atoms with E-state index in [1.54, 1.807) is 13.8 Å². The summed E-state index contributed by atoms with van der Waals surface area (Å²) in [6.07, 6.45) is 5.92. The van der Waals surface area contributed by atoms with Crippen LogP contribution in [0.2, 0.25) is 5.15 Å². The fourth-order valence-electron chi connectivity index (χ4n) is 8.05. The Morgan fingerprint density at radius 2 is 1.26 bits per heavy atom. The third-order valence-corrected chi connectivity index (χ3v) is 13.7. The van der Waals surface area contributed by atoms with E-state index in [2.05, 4.69) is 74.7 Å². The van der Waals surface area contributed by atoms with E-state index in [4.69, 9.17) is 25.8 Å². The van der Waals surface area contributed by atoms with Crippen LogP contribution in [0.1, 0.15) is 117 Å². The Balaban J connectivity index is 1.03. The molecule has 78 heavy (non-hydrogen) atoms. The van der Waals surface area contributed by atoms with Crippen LogP contribution < -0.4 is 31.9 Å². The molecule has 0 aliphatic carbocycles. The molecule has 2 heterocycles. The molecule has 24 heteroatoms. The molecule has 2 aromatic heterocycles. The fourth-order valence-corrected chi connectivity index (χ4v) is 8.32. The summed E-state index contributed by atoms with van der Waals surface area (Å²) in [7, 11) is 0. The van der Waals surface area contributed by atoms with Crippen LogP contribution in [0.3, 0.4) is 0 Å². The molecule has 4 rings (SSSR count). The predicted molar refractivity (Wildman–Crippen MR) is 298 cm³/mol. The van der Waals surface area contributed by atoms with E-state index in [0.29, 0.717) is 73.8 Å². The number of aryl methyl sites for hydroxylation is 1. The van der Waals surface area contributed by atoms with Crippen molar-refractivity contribution in [2.45, 2.75) is 130 Å². The van der Waals surface area contributed by atoms with Gasteiger partial charge < -0.3 is 61.1 Å². The van der Waals surface area contributed by atoms with Crippen LogP contribution in [0.5, 0.6) is 0 Å². The van der Waals surface area contributed by atoms with Crippen LogP contribution in [0.4, 0.5) is 0 Å². The highest BCUT2D eigenvalue weighted by Gasteiger charge is 2.24. The summed E-state index contributed by atoms with van der Waals surface area (Å²) < 4.78 is 18.5. The lowest BCUT2D eigenvalue weighted by Crippen LogP contribution is -2.47. The van der Waals surface area contributed by atoms with Crippen molar-refractivity contribution in [3.05, 3.63) is 70.8 Å². The van der Waals surface area contributed by atoms with Crippen molar-refractivity contribution in [1.29, 1.82) is 0 Å². The number of aromatic amines is 1. The molecule has 0 radical (unpaired) electrons. The first kappa shape index (κ1) is 64.2. The van der Waals surface area contributed by atoms with Gasteiger partial charge in [-0.25, -0.2) is 4.98 Å². The topological polar surface area (TPSA) is 306 Å². The fraction of sp³-hybridized carbons (Fsp3) is 0.593. The van der Waals surface area contributed by atoms with Crippen molar-refractivity contribution in [3.63, 3.8) is 0 Å². The van der Waals surface area contributed by atoms with Gasteiger partial charge in [0.1, 0.15) is 19.0 Å². The number of hydrogen-bond donors (Lipinski definition) is 9. The number of rotatable bonds is 39. The van der Waals surface area contributed by atoms with Gasteiger partial charge in [0.15, 0.2) is 5.15 Å². The van der Waals surface area contributed by atoms with Gasteiger partial charge in [-0.3, -0.25) is 19.2 Å². The maximum atomic E-state index is 12.8. The quantitative estimate of drug-likeness (QED) is 0.0120. The number of hydrogen-bond acceptors (Lipinski definition) is 17. The smallest absolute Gasteiger partial charge is 0.246 e. The highest BCUT2D eigenvalue weighted by molar-refractivity contribution is 6.30. The monoisotopic (exact) mass is 1110 g/mol. The third-order valence-electron chi connectivity index (χ3n) is 13.4. The summed E-state index contributed by atoms with van der Waals surface area (Å²) in [6, 6.07) is 16.1. The second-order valence-corrected chi connectivity index (χ2v) is 20.4. The molecule has 2 aromatic carbocycles. The van der Waals surface area contributed by atoms with Gasteiger partial charge in [-0.05, 0) is 115 Å². The maximum Gasteiger partial charge on any atom is 0.246 e. The van der Waals surface area contributed by atoms with Gasteiger partial charge in [-0.15, -0.1) is 10.2 Å². The Bertz CT molecular complexity index is 2470. The normalized spacial score (nSPS) is 12.3. The number of nitrogens with one attached hydrogen (secondary N) is 7. The van der Waals surface area contributed by atoms with Gasteiger partial charge >= 0.3 is 0 Å². The summed E-state index contributed by atoms with van der Waals surface area (Å²) >= 11 is 6.65. The number of carbonyl (C=O) groups excluding carboxylic acids is 4. The van der Waals surface area contributed by atoms with E-state index in [0.717, 1.165) is 66.6 Å². The molecule has 0 aliphatic rings. The number of oxime groups is 2. The number of unbranched alkanes of at least 4 members (excludes halogenated alkanes) is 1. The number of aromatic nitrogens is 6. The molecule has 430 valence electrons. The molecule has 0 bridgehead atoms. The molecule has 4 amide bonds. The third kappa shape index (κ3) is 22.9. The van der Waals surface area contributed by atoms with Gasteiger partial charge in [-0.2, -0.15) is 5.21 Å². The van der Waals surface area contributed by atoms with E-state index in [1.807, 2.05) is 80.8 Å². The minimum Gasteiger partial charge on any atom is -0.411 e. The summed E-state index contributed by atoms with van der Waals surface area (Å²) in [4.78, 5) is 54.7. The number of halogens is 1. The first-order chi connectivity index (χ1) is 37.5. The SMILES string of the molecule is CCCCc1nc(Cl)c(CNC(=O)COCC(=O)NCCOCCOCCNC(=O)CCCC(=O)NCCC(CCNC(C)(C)/C(C)=N\O)CCNC(C)(C)/C(C)=N\O)n1Cc1ccc(-c2ccccc2-c2nn[nH]n2)cc1. The van der Waals surface area contributed by atoms with Gasteiger partial charge in [0, 0.05) is 51.0 Å². The molecule has 0 atom stereocenters. The summed E-state index contributed by atoms with van der Waals surface area (Å²) in [5.74, 6) is 0.527. The van der Waals surface area contributed by atoms with Gasteiger partial charge in [-0.1, -0.05) is 83.8 Å². The Morgan fingerprint density at radius 3 is 1.82 bits per heavy atom. The number of carbonyl (C=O) groups is 4. The van der Waals surface area contributed by atoms with Crippen LogP contribution in [-0.4, -0.2) is 159 Å². The van der Waals surface area contributed by atoms with Crippen molar-refractivity contribution in [2.75, 3.05) is 72.4 Å². The lowest BCUT2D eigenvalue weighted by molar-refractivity contribution is -0.131. The number of H-pyrrole nitrogens is 1. The Kier molecular flexibility index (Phi) is 28.4. The number of imidazole rings is 1. The Hall–Kier alpha value is -6.37. The van der Waals surface area contributed by atoms with Crippen LogP contribution in [0, 0.1) is 5.92 Å². The van der Waals surface area contributed by atoms with Crippen molar-refractivity contribution < 1.29 is 43.8 Å². The average Bonchev–Trinajstić information content (AvgIpc) is 4.08. The zero-order valence-electron chi connectivity index (χ0n) is 46.5. The molecule has 0 saturated carbocycles. The molecule has 0 saturated heterocycles. The second kappa shape index (κ2) is 34.5. The molecule has 23 nitrogen and oxygen atoms in total. The highest BCUT2D eigenvalue weighted by atomic mass is 35.5. The largest absolute Gasteiger partial charge is 0.411 e. The molecule has 0 spiro atoms. The first-order valence-electron chi connectivity index (χ1n) is 26.8. The Labute approximate surface area is 463 Å². The van der Waals surface area contributed by atoms with Gasteiger partial charge in [0.2, 0.25) is 29.5 Å². The summed E-state index contributed by atoms with van der Waals surface area (Å²) in [5, 5.41) is 58.2. The van der Waals surface area contributed by atoms with Gasteiger partial charge in [0.25, 0.3) is 0 Å². The van der Waals surface area contributed by atoms with E-state index < -0.39 is 22.9 Å². The van der Waals surface area contributed by atoms with Crippen LogP contribution in [-0.2, 0) is 52.9 Å². The molecule has 9 N–H and O–H groups in total. The molecule has 0 fully saturated rings. The second-order valence-electron chi connectivity index (χ2n) is 20.0. The van der Waals surface area contributed by atoms with E-state index in [-0.39, 0.29) is 76.7 Å². The lowest BCUT2D eigenvalue weighted by atomic mass is 9.94. The van der Waals surface area contributed by atoms with Crippen molar-refractivity contribution in [3.8, 4) is 22.5 Å². The molecule has 0 aliphatic heterocycles. The molecular formula is C54H83ClN14O9. The average molecular weight is 1110 g/mol. The molecule has 0 unspecified atom stereocenters. The minimum atomic E-state index is -0.467. The first-order valence-corrected chi connectivity index (χ1v) is 27.2. The standard InChI is InChI=1S/C54H83ClN14O9/c1-8-9-15-46-62-51(55)45(69(46)35-41-18-20-42(21-19-41)43-13-10-11-14-44(43)52-63-67-68-64-52)34-59-50(73)37-78-36-49(72)58-29-31-77-33-32-76-30-28-57-48(71)17-12-16-47(70)56-25-22-40(23-26-60-53(4,5)38(2)65-74)24-27-61-54(6,7)39(3)66-75/h10-11,13-14,18-21,40,60-61,74-75H,8-9,12,15-17,22-37H2,1-7H3,(H,56,70)(H,57,71)(H,58,72)(H,59,73)(H,63,64,67,68)/b65-38-,66-39-. The molecule has 4 aromatic rings. The van der Waals surface area contributed by atoms with Crippen LogP contribution >= 0.6 is 11.6 Å². The highest BCUT2D eigenvalue weighted by Crippen LogP contribution is 2.30. The number of benzene rings is 2. The summed E-state index contributed by atoms with van der Waals surface area (Å²) in [6.45, 7) is 17.0. The van der Waals surface area contributed by atoms with E-state index in [9.17, 15) is 29.6 Å². The zero-order valence-corrected chi connectivity index (χ0v) is 47.3.